The summed E-state index contributed by atoms with van der Waals surface area (Å²) in [5.74, 6) is 0. The molecular weight excluding hydrogens is 198 g/mol. The van der Waals surface area contributed by atoms with Crippen LogP contribution in [0.15, 0.2) is 18.3 Å². The quantitative estimate of drug-likeness (QED) is 0.840. The fourth-order valence-corrected chi connectivity index (χ4v) is 2.28. The monoisotopic (exact) mass is 219 g/mol. The number of nitrogens with one attached hydrogen (secondary N) is 1. The van der Waals surface area contributed by atoms with E-state index in [4.69, 9.17) is 0 Å². The van der Waals surface area contributed by atoms with Crippen molar-refractivity contribution in [3.8, 4) is 0 Å². The first-order valence-electron chi connectivity index (χ1n) is 6.19. The number of piperidine rings is 1. The van der Waals surface area contributed by atoms with E-state index in [2.05, 4.69) is 41.3 Å². The van der Waals surface area contributed by atoms with Gasteiger partial charge in [-0.25, -0.2) is 0 Å². The third-order valence-electron chi connectivity index (χ3n) is 3.43. The molecule has 0 atom stereocenters. The summed E-state index contributed by atoms with van der Waals surface area (Å²) in [4.78, 5) is 6.75. The molecule has 1 N–H and O–H groups in total. The molecule has 1 aliphatic rings. The second kappa shape index (κ2) is 5.30. The van der Waals surface area contributed by atoms with E-state index in [-0.39, 0.29) is 0 Å². The van der Waals surface area contributed by atoms with Crippen LogP contribution < -0.4 is 10.2 Å². The number of pyridine rings is 1. The molecule has 1 aliphatic heterocycles. The average molecular weight is 219 g/mol. The number of aromatic nitrogens is 1. The lowest BCUT2D eigenvalue weighted by molar-refractivity contribution is 0.443. The summed E-state index contributed by atoms with van der Waals surface area (Å²) in [6, 6.07) is 5.00. The van der Waals surface area contributed by atoms with Crippen LogP contribution in [0.4, 0.5) is 5.69 Å². The summed E-state index contributed by atoms with van der Waals surface area (Å²) in [6.07, 6.45) is 5.40. The summed E-state index contributed by atoms with van der Waals surface area (Å²) in [5, 5.41) is 3.40. The predicted molar refractivity (Wildman–Crippen MR) is 67.9 cm³/mol. The highest BCUT2D eigenvalue weighted by molar-refractivity contribution is 5.46. The van der Waals surface area contributed by atoms with Crippen LogP contribution in [0.25, 0.3) is 0 Å². The first-order valence-corrected chi connectivity index (χ1v) is 6.19. The Morgan fingerprint density at radius 2 is 2.19 bits per heavy atom. The number of hydrogen-bond donors (Lipinski definition) is 1. The van der Waals surface area contributed by atoms with E-state index in [1.54, 1.807) is 0 Å². The van der Waals surface area contributed by atoms with Gasteiger partial charge in [0.2, 0.25) is 0 Å². The van der Waals surface area contributed by atoms with Crippen molar-refractivity contribution in [1.29, 1.82) is 0 Å². The lowest BCUT2D eigenvalue weighted by atomic mass is 10.0. The fourth-order valence-electron chi connectivity index (χ4n) is 2.28. The van der Waals surface area contributed by atoms with Crippen LogP contribution in [0.2, 0.25) is 0 Å². The van der Waals surface area contributed by atoms with Crippen LogP contribution in [0.5, 0.6) is 0 Å². The SMILES string of the molecule is CCc1cc(N(C)C2CCNCC2)ccn1. The highest BCUT2D eigenvalue weighted by Gasteiger charge is 2.18. The molecule has 0 unspecified atom stereocenters. The van der Waals surface area contributed by atoms with Crippen LogP contribution in [0.3, 0.4) is 0 Å². The Morgan fingerprint density at radius 3 is 2.88 bits per heavy atom. The summed E-state index contributed by atoms with van der Waals surface area (Å²) < 4.78 is 0. The van der Waals surface area contributed by atoms with Crippen molar-refractivity contribution in [2.75, 3.05) is 25.0 Å². The number of rotatable bonds is 3. The zero-order chi connectivity index (χ0) is 11.4. The van der Waals surface area contributed by atoms with Gasteiger partial charge >= 0.3 is 0 Å². The van der Waals surface area contributed by atoms with Gasteiger partial charge in [0.05, 0.1) is 0 Å². The molecule has 0 aliphatic carbocycles. The molecule has 16 heavy (non-hydrogen) atoms. The van der Waals surface area contributed by atoms with Crippen molar-refractivity contribution in [3.63, 3.8) is 0 Å². The number of hydrogen-bond acceptors (Lipinski definition) is 3. The zero-order valence-electron chi connectivity index (χ0n) is 10.2. The lowest BCUT2D eigenvalue weighted by Crippen LogP contribution is -2.41. The predicted octanol–water partition coefficient (Wildman–Crippen LogP) is 1.83. The van der Waals surface area contributed by atoms with Crippen molar-refractivity contribution in [1.82, 2.24) is 10.3 Å². The van der Waals surface area contributed by atoms with Crippen molar-refractivity contribution in [3.05, 3.63) is 24.0 Å². The van der Waals surface area contributed by atoms with Gasteiger partial charge in [0.25, 0.3) is 0 Å². The molecule has 1 saturated heterocycles. The van der Waals surface area contributed by atoms with Crippen LogP contribution in [0.1, 0.15) is 25.5 Å². The van der Waals surface area contributed by atoms with E-state index >= 15 is 0 Å². The van der Waals surface area contributed by atoms with E-state index in [0.29, 0.717) is 6.04 Å². The molecule has 0 amide bonds. The first-order chi connectivity index (χ1) is 7.81. The Labute approximate surface area is 97.9 Å². The molecule has 1 aromatic rings. The number of anilines is 1. The van der Waals surface area contributed by atoms with Crippen molar-refractivity contribution in [2.45, 2.75) is 32.2 Å². The van der Waals surface area contributed by atoms with Crippen LogP contribution in [-0.2, 0) is 6.42 Å². The van der Waals surface area contributed by atoms with Crippen LogP contribution in [0, 0.1) is 0 Å². The normalized spacial score (nSPS) is 17.4. The molecule has 0 radical (unpaired) electrons. The van der Waals surface area contributed by atoms with E-state index in [1.807, 2.05) is 6.20 Å². The van der Waals surface area contributed by atoms with Gasteiger partial charge in [-0.15, -0.1) is 0 Å². The Bertz CT molecular complexity index is 332. The maximum absolute atomic E-state index is 4.35. The topological polar surface area (TPSA) is 28.2 Å². The molecule has 1 aromatic heterocycles. The van der Waals surface area contributed by atoms with Gasteiger partial charge in [0.1, 0.15) is 0 Å². The Hall–Kier alpha value is -1.09. The summed E-state index contributed by atoms with van der Waals surface area (Å²) >= 11 is 0. The largest absolute Gasteiger partial charge is 0.371 e. The lowest BCUT2D eigenvalue weighted by Gasteiger charge is -2.33. The van der Waals surface area contributed by atoms with Gasteiger partial charge in [-0.2, -0.15) is 0 Å². The minimum absolute atomic E-state index is 0.674. The molecule has 2 heterocycles. The van der Waals surface area contributed by atoms with E-state index in [9.17, 15) is 0 Å². The summed E-state index contributed by atoms with van der Waals surface area (Å²) in [5.41, 5.74) is 2.48. The Balaban J connectivity index is 2.09. The summed E-state index contributed by atoms with van der Waals surface area (Å²) in [7, 11) is 2.20. The minimum atomic E-state index is 0.674. The molecule has 0 saturated carbocycles. The molecule has 0 bridgehead atoms. The number of nitrogens with zero attached hydrogens (tertiary/aromatic N) is 2. The molecule has 1 fully saturated rings. The van der Waals surface area contributed by atoms with E-state index in [0.717, 1.165) is 19.5 Å². The smallest absolute Gasteiger partial charge is 0.0421 e. The van der Waals surface area contributed by atoms with Gasteiger partial charge < -0.3 is 10.2 Å². The molecule has 88 valence electrons. The second-order valence-electron chi connectivity index (χ2n) is 4.45. The minimum Gasteiger partial charge on any atom is -0.371 e. The van der Waals surface area contributed by atoms with Crippen molar-refractivity contribution in [2.24, 2.45) is 0 Å². The highest BCUT2D eigenvalue weighted by Crippen LogP contribution is 2.20. The molecule has 0 aromatic carbocycles. The van der Waals surface area contributed by atoms with E-state index in [1.165, 1.54) is 24.2 Å². The van der Waals surface area contributed by atoms with Gasteiger partial charge in [-0.05, 0) is 44.5 Å². The zero-order valence-corrected chi connectivity index (χ0v) is 10.2. The van der Waals surface area contributed by atoms with Gasteiger partial charge in [0.15, 0.2) is 0 Å². The molecule has 2 rings (SSSR count). The van der Waals surface area contributed by atoms with Crippen LogP contribution >= 0.6 is 0 Å². The Morgan fingerprint density at radius 1 is 1.44 bits per heavy atom. The second-order valence-corrected chi connectivity index (χ2v) is 4.45. The third-order valence-corrected chi connectivity index (χ3v) is 3.43. The molecule has 3 heteroatoms. The maximum Gasteiger partial charge on any atom is 0.0421 e. The van der Waals surface area contributed by atoms with Gasteiger partial charge in [0, 0.05) is 30.7 Å². The fraction of sp³-hybridized carbons (Fsp3) is 0.615. The van der Waals surface area contributed by atoms with Crippen molar-refractivity contribution < 1.29 is 0 Å². The highest BCUT2D eigenvalue weighted by atomic mass is 15.1. The summed E-state index contributed by atoms with van der Waals surface area (Å²) in [6.45, 7) is 4.43. The number of aryl methyl sites for hydroxylation is 1. The standard InChI is InChI=1S/C13H21N3/c1-3-11-10-13(6-9-15-11)16(2)12-4-7-14-8-5-12/h6,9-10,12,14H,3-5,7-8H2,1-2H3. The molecular formula is C13H21N3. The van der Waals surface area contributed by atoms with Crippen molar-refractivity contribution >= 4 is 5.69 Å². The van der Waals surface area contributed by atoms with Crippen LogP contribution in [-0.4, -0.2) is 31.2 Å². The van der Waals surface area contributed by atoms with E-state index < -0.39 is 0 Å². The Kier molecular flexibility index (Phi) is 3.78. The molecule has 3 nitrogen and oxygen atoms in total. The first kappa shape index (κ1) is 11.4. The van der Waals surface area contributed by atoms with Gasteiger partial charge in [-0.1, -0.05) is 6.92 Å². The average Bonchev–Trinajstić information content (AvgIpc) is 2.39. The third kappa shape index (κ3) is 2.53. The maximum atomic E-state index is 4.35. The molecule has 0 spiro atoms. The van der Waals surface area contributed by atoms with Gasteiger partial charge in [-0.3, -0.25) is 4.98 Å².